The van der Waals surface area contributed by atoms with E-state index in [9.17, 15) is 5.11 Å². The lowest BCUT2D eigenvalue weighted by molar-refractivity contribution is 0.110. The summed E-state index contributed by atoms with van der Waals surface area (Å²) in [5, 5.41) is 9.62. The van der Waals surface area contributed by atoms with Gasteiger partial charge in [-0.1, -0.05) is 18.6 Å². The molecule has 0 aromatic rings. The fourth-order valence-corrected chi connectivity index (χ4v) is 2.48. The summed E-state index contributed by atoms with van der Waals surface area (Å²) in [5.74, 6) is 1.29. The summed E-state index contributed by atoms with van der Waals surface area (Å²) in [4.78, 5) is 0. The minimum atomic E-state index is 0.00255. The van der Waals surface area contributed by atoms with Gasteiger partial charge in [0.2, 0.25) is 0 Å². The molecule has 0 spiro atoms. The lowest BCUT2D eigenvalue weighted by Crippen LogP contribution is -2.19. The highest BCUT2D eigenvalue weighted by atomic mass is 16.3. The molecular weight excluding hydrogens is 136 g/mol. The Balaban J connectivity index is 1.97. The second-order valence-corrected chi connectivity index (χ2v) is 3.83. The largest absolute Gasteiger partial charge is 0.393 e. The zero-order valence-corrected chi connectivity index (χ0v) is 6.87. The van der Waals surface area contributed by atoms with Crippen LogP contribution in [0, 0.1) is 11.8 Å². The average molecular weight is 152 g/mol. The van der Waals surface area contributed by atoms with Gasteiger partial charge in [0.15, 0.2) is 0 Å². The highest BCUT2D eigenvalue weighted by molar-refractivity contribution is 5.01. The Hall–Kier alpha value is -0.300. The van der Waals surface area contributed by atoms with Crippen LogP contribution in [-0.4, -0.2) is 11.2 Å². The summed E-state index contributed by atoms with van der Waals surface area (Å²) < 4.78 is 0. The molecule has 0 amide bonds. The van der Waals surface area contributed by atoms with E-state index in [2.05, 4.69) is 12.2 Å². The van der Waals surface area contributed by atoms with Gasteiger partial charge in [-0.15, -0.1) is 0 Å². The topological polar surface area (TPSA) is 20.2 Å². The Kier molecular flexibility index (Phi) is 1.99. The second kappa shape index (κ2) is 2.98. The van der Waals surface area contributed by atoms with Crippen LogP contribution in [0.25, 0.3) is 0 Å². The molecule has 0 radical (unpaired) electrons. The third-order valence-electron chi connectivity index (χ3n) is 3.13. The number of aliphatic hydroxyl groups excluding tert-OH is 1. The van der Waals surface area contributed by atoms with E-state index in [0.29, 0.717) is 11.8 Å². The Labute approximate surface area is 68.1 Å². The Morgan fingerprint density at radius 2 is 2.09 bits per heavy atom. The first kappa shape index (κ1) is 7.35. The van der Waals surface area contributed by atoms with Gasteiger partial charge < -0.3 is 5.11 Å². The molecule has 2 aliphatic carbocycles. The van der Waals surface area contributed by atoms with Crippen molar-refractivity contribution in [3.63, 3.8) is 0 Å². The number of rotatable bonds is 1. The van der Waals surface area contributed by atoms with Gasteiger partial charge in [0, 0.05) is 0 Å². The summed E-state index contributed by atoms with van der Waals surface area (Å²) in [6.07, 6.45) is 10.6. The van der Waals surface area contributed by atoms with E-state index >= 15 is 0 Å². The molecule has 1 heteroatoms. The third kappa shape index (κ3) is 1.34. The molecule has 2 rings (SSSR count). The lowest BCUT2D eigenvalue weighted by atomic mass is 9.89. The normalized spacial score (nSPS) is 43.5. The molecule has 0 heterocycles. The monoisotopic (exact) mass is 152 g/mol. The molecule has 1 N–H and O–H groups in total. The summed E-state index contributed by atoms with van der Waals surface area (Å²) >= 11 is 0. The van der Waals surface area contributed by atoms with Crippen molar-refractivity contribution < 1.29 is 5.11 Å². The van der Waals surface area contributed by atoms with E-state index in [1.54, 1.807) is 0 Å². The fourth-order valence-electron chi connectivity index (χ4n) is 2.48. The molecule has 0 aliphatic heterocycles. The predicted octanol–water partition coefficient (Wildman–Crippen LogP) is 2.11. The molecule has 0 aromatic carbocycles. The number of aliphatic hydroxyl groups is 1. The van der Waals surface area contributed by atoms with E-state index in [4.69, 9.17) is 0 Å². The van der Waals surface area contributed by atoms with E-state index < -0.39 is 0 Å². The minimum absolute atomic E-state index is 0.00255. The summed E-state index contributed by atoms with van der Waals surface area (Å²) in [5.41, 5.74) is 0. The van der Waals surface area contributed by atoms with Crippen LogP contribution in [0.5, 0.6) is 0 Å². The van der Waals surface area contributed by atoms with Crippen LogP contribution >= 0.6 is 0 Å². The maximum absolute atomic E-state index is 9.62. The third-order valence-corrected chi connectivity index (χ3v) is 3.13. The van der Waals surface area contributed by atoms with Crippen molar-refractivity contribution in [1.29, 1.82) is 0 Å². The lowest BCUT2D eigenvalue weighted by Gasteiger charge is -2.19. The van der Waals surface area contributed by atoms with E-state index in [-0.39, 0.29) is 6.10 Å². The molecule has 1 nitrogen and oxygen atoms in total. The second-order valence-electron chi connectivity index (χ2n) is 3.83. The van der Waals surface area contributed by atoms with Gasteiger partial charge in [0.1, 0.15) is 0 Å². The van der Waals surface area contributed by atoms with Crippen molar-refractivity contribution in [3.8, 4) is 0 Å². The smallest absolute Gasteiger partial charge is 0.0574 e. The molecule has 2 unspecified atom stereocenters. The maximum Gasteiger partial charge on any atom is 0.0574 e. The molecule has 62 valence electrons. The molecule has 1 fully saturated rings. The molecule has 3 atom stereocenters. The first-order valence-corrected chi connectivity index (χ1v) is 4.72. The van der Waals surface area contributed by atoms with Crippen LogP contribution in [0.3, 0.4) is 0 Å². The van der Waals surface area contributed by atoms with Gasteiger partial charge in [-0.2, -0.15) is 0 Å². The van der Waals surface area contributed by atoms with Crippen molar-refractivity contribution in [2.45, 2.75) is 38.2 Å². The molecule has 0 aromatic heterocycles. The van der Waals surface area contributed by atoms with Crippen molar-refractivity contribution in [2.24, 2.45) is 11.8 Å². The first-order valence-electron chi connectivity index (χ1n) is 4.72. The Bertz CT molecular complexity index is 162. The van der Waals surface area contributed by atoms with Crippen molar-refractivity contribution >= 4 is 0 Å². The van der Waals surface area contributed by atoms with Gasteiger partial charge >= 0.3 is 0 Å². The van der Waals surface area contributed by atoms with Crippen LogP contribution in [0.2, 0.25) is 0 Å². The van der Waals surface area contributed by atoms with Crippen LogP contribution < -0.4 is 0 Å². The SMILES string of the molecule is OC1CCCC1[C@H]1C=CCC1. The Morgan fingerprint density at radius 3 is 2.64 bits per heavy atom. The zero-order chi connectivity index (χ0) is 7.68. The van der Waals surface area contributed by atoms with Crippen LogP contribution in [0.4, 0.5) is 0 Å². The molecule has 11 heavy (non-hydrogen) atoms. The number of hydrogen-bond acceptors (Lipinski definition) is 1. The average Bonchev–Trinajstić information content (AvgIpc) is 2.55. The first-order chi connectivity index (χ1) is 5.38. The van der Waals surface area contributed by atoms with Crippen molar-refractivity contribution in [2.75, 3.05) is 0 Å². The van der Waals surface area contributed by atoms with Gasteiger partial charge in [0.05, 0.1) is 6.10 Å². The molecular formula is C10H16O. The van der Waals surface area contributed by atoms with Gasteiger partial charge in [-0.3, -0.25) is 0 Å². The van der Waals surface area contributed by atoms with Gasteiger partial charge in [-0.25, -0.2) is 0 Å². The zero-order valence-electron chi connectivity index (χ0n) is 6.87. The van der Waals surface area contributed by atoms with Gasteiger partial charge in [0.25, 0.3) is 0 Å². The number of allylic oxidation sites excluding steroid dienone is 2. The highest BCUT2D eigenvalue weighted by Crippen LogP contribution is 2.37. The van der Waals surface area contributed by atoms with Crippen LogP contribution in [0.1, 0.15) is 32.1 Å². The maximum atomic E-state index is 9.62. The van der Waals surface area contributed by atoms with E-state index in [0.717, 1.165) is 6.42 Å². The summed E-state index contributed by atoms with van der Waals surface area (Å²) in [6.45, 7) is 0. The van der Waals surface area contributed by atoms with Crippen molar-refractivity contribution in [3.05, 3.63) is 12.2 Å². The van der Waals surface area contributed by atoms with E-state index in [1.165, 1.54) is 25.7 Å². The number of hydrogen-bond donors (Lipinski definition) is 1. The molecule has 0 bridgehead atoms. The van der Waals surface area contributed by atoms with E-state index in [1.807, 2.05) is 0 Å². The standard InChI is InChI=1S/C10H16O/c11-10-7-3-6-9(10)8-4-1-2-5-8/h1,4,8-11H,2-3,5-7H2/t8-,9?,10?/m0/s1. The van der Waals surface area contributed by atoms with Crippen molar-refractivity contribution in [1.82, 2.24) is 0 Å². The summed E-state index contributed by atoms with van der Waals surface area (Å²) in [7, 11) is 0. The highest BCUT2D eigenvalue weighted by Gasteiger charge is 2.31. The minimum Gasteiger partial charge on any atom is -0.393 e. The summed E-state index contributed by atoms with van der Waals surface area (Å²) in [6, 6.07) is 0. The fraction of sp³-hybridized carbons (Fsp3) is 0.800. The predicted molar refractivity (Wildman–Crippen MR) is 45.2 cm³/mol. The Morgan fingerprint density at radius 1 is 1.18 bits per heavy atom. The quantitative estimate of drug-likeness (QED) is 0.570. The van der Waals surface area contributed by atoms with Crippen LogP contribution in [-0.2, 0) is 0 Å². The molecule has 0 saturated heterocycles. The molecule has 1 saturated carbocycles. The molecule has 2 aliphatic rings. The van der Waals surface area contributed by atoms with Crippen LogP contribution in [0.15, 0.2) is 12.2 Å². The van der Waals surface area contributed by atoms with Gasteiger partial charge in [-0.05, 0) is 37.5 Å².